The van der Waals surface area contributed by atoms with Gasteiger partial charge in [0.2, 0.25) is 5.65 Å². The van der Waals surface area contributed by atoms with Crippen molar-refractivity contribution in [1.82, 2.24) is 25.0 Å². The van der Waals surface area contributed by atoms with E-state index in [1.54, 1.807) is 0 Å². The number of hydrogen-bond donors (Lipinski definition) is 3. The molecule has 18 heavy (non-hydrogen) atoms. The molecular formula is C9H12N6O3. The van der Waals surface area contributed by atoms with Gasteiger partial charge in [0, 0.05) is 6.42 Å². The van der Waals surface area contributed by atoms with Gasteiger partial charge in [-0.3, -0.25) is 0 Å². The molecule has 4 N–H and O–H groups in total. The van der Waals surface area contributed by atoms with E-state index in [1.807, 2.05) is 0 Å². The summed E-state index contributed by atoms with van der Waals surface area (Å²) in [6.45, 7) is -0.250. The van der Waals surface area contributed by atoms with Crippen LogP contribution in [0.1, 0.15) is 12.6 Å². The summed E-state index contributed by atoms with van der Waals surface area (Å²) in [5.74, 6) is 0.239. The Kier molecular flexibility index (Phi) is 2.58. The smallest absolute Gasteiger partial charge is 0.207 e. The van der Waals surface area contributed by atoms with Gasteiger partial charge in [0.05, 0.1) is 12.7 Å². The van der Waals surface area contributed by atoms with E-state index >= 15 is 0 Å². The van der Waals surface area contributed by atoms with Gasteiger partial charge in [0.15, 0.2) is 17.6 Å². The highest BCUT2D eigenvalue weighted by molar-refractivity contribution is 5.79. The molecule has 2 aromatic rings. The number of aliphatic hydroxyl groups is 2. The minimum Gasteiger partial charge on any atom is -0.394 e. The zero-order chi connectivity index (χ0) is 12.7. The second kappa shape index (κ2) is 4.12. The average molecular weight is 252 g/mol. The number of rotatable bonds is 2. The second-order valence-electron chi connectivity index (χ2n) is 4.07. The van der Waals surface area contributed by atoms with Gasteiger partial charge in [-0.25, -0.2) is 9.97 Å². The van der Waals surface area contributed by atoms with Crippen LogP contribution in [0.4, 0.5) is 5.82 Å². The first-order valence-corrected chi connectivity index (χ1v) is 5.46. The normalized spacial score (nSPS) is 28.0. The van der Waals surface area contributed by atoms with E-state index in [1.165, 1.54) is 11.1 Å². The largest absolute Gasteiger partial charge is 0.394 e. The van der Waals surface area contributed by atoms with Crippen molar-refractivity contribution in [3.8, 4) is 0 Å². The van der Waals surface area contributed by atoms with E-state index in [0.29, 0.717) is 17.6 Å². The van der Waals surface area contributed by atoms with Crippen LogP contribution in [0.3, 0.4) is 0 Å². The van der Waals surface area contributed by atoms with Crippen molar-refractivity contribution in [3.63, 3.8) is 0 Å². The minimum absolute atomic E-state index is 0.239. The summed E-state index contributed by atoms with van der Waals surface area (Å²) in [5.41, 5.74) is 6.41. The molecule has 3 atom stereocenters. The molecule has 9 heteroatoms. The molecular weight excluding hydrogens is 240 g/mol. The molecule has 0 amide bonds. The molecule has 0 bridgehead atoms. The van der Waals surface area contributed by atoms with Crippen molar-refractivity contribution in [2.24, 2.45) is 0 Å². The fourth-order valence-electron chi connectivity index (χ4n) is 1.92. The molecule has 0 unspecified atom stereocenters. The average Bonchev–Trinajstić information content (AvgIpc) is 2.93. The third-order valence-corrected chi connectivity index (χ3v) is 2.87. The Balaban J connectivity index is 1.94. The number of nitrogens with zero attached hydrogens (tertiary/aromatic N) is 5. The number of aromatic nitrogens is 5. The summed E-state index contributed by atoms with van der Waals surface area (Å²) in [6.07, 6.45) is -0.284. The van der Waals surface area contributed by atoms with Gasteiger partial charge in [-0.05, 0) is 0 Å². The lowest BCUT2D eigenvalue weighted by Crippen LogP contribution is -2.24. The molecule has 1 aliphatic rings. The Morgan fingerprint density at radius 2 is 2.28 bits per heavy atom. The van der Waals surface area contributed by atoms with Crippen LogP contribution >= 0.6 is 0 Å². The highest BCUT2D eigenvalue weighted by Gasteiger charge is 2.35. The number of nitrogens with two attached hydrogens (primary N) is 1. The van der Waals surface area contributed by atoms with E-state index in [-0.39, 0.29) is 12.4 Å². The lowest BCUT2D eigenvalue weighted by atomic mass is 10.2. The first kappa shape index (κ1) is 11.3. The van der Waals surface area contributed by atoms with Crippen LogP contribution in [0.5, 0.6) is 0 Å². The lowest BCUT2D eigenvalue weighted by Gasteiger charge is -2.10. The summed E-state index contributed by atoms with van der Waals surface area (Å²) in [6, 6.07) is 0. The topological polar surface area (TPSA) is 132 Å². The monoisotopic (exact) mass is 252 g/mol. The first-order valence-electron chi connectivity index (χ1n) is 5.46. The van der Waals surface area contributed by atoms with Gasteiger partial charge in [-0.2, -0.15) is 4.80 Å². The molecule has 96 valence electrons. The molecule has 0 aliphatic carbocycles. The van der Waals surface area contributed by atoms with E-state index in [2.05, 4.69) is 20.2 Å². The number of anilines is 1. The molecule has 9 nitrogen and oxygen atoms in total. The maximum absolute atomic E-state index is 9.64. The Bertz CT molecular complexity index is 572. The van der Waals surface area contributed by atoms with Crippen molar-refractivity contribution in [3.05, 3.63) is 6.33 Å². The van der Waals surface area contributed by atoms with Crippen molar-refractivity contribution < 1.29 is 14.9 Å². The Morgan fingerprint density at radius 1 is 1.44 bits per heavy atom. The van der Waals surface area contributed by atoms with Crippen LogP contribution in [0, 0.1) is 0 Å². The molecule has 1 aliphatic heterocycles. The fraction of sp³-hybridized carbons (Fsp3) is 0.556. The van der Waals surface area contributed by atoms with E-state index in [4.69, 9.17) is 15.6 Å². The second-order valence-corrected chi connectivity index (χ2v) is 4.07. The predicted octanol–water partition coefficient (Wildman–Crippen LogP) is -1.56. The van der Waals surface area contributed by atoms with E-state index < -0.39 is 18.4 Å². The van der Waals surface area contributed by atoms with Gasteiger partial charge in [0.1, 0.15) is 12.4 Å². The SMILES string of the molecule is Nc1ncnc2nn([C@@H]3C[C@H](O)[C@@H](CO)O3)nc12. The summed E-state index contributed by atoms with van der Waals surface area (Å²) in [5, 5.41) is 26.9. The molecule has 0 saturated carbocycles. The fourth-order valence-corrected chi connectivity index (χ4v) is 1.92. The molecule has 0 radical (unpaired) electrons. The minimum atomic E-state index is -0.738. The van der Waals surface area contributed by atoms with Gasteiger partial charge < -0.3 is 20.7 Å². The van der Waals surface area contributed by atoms with E-state index in [0.717, 1.165) is 0 Å². The first-order chi connectivity index (χ1) is 8.69. The van der Waals surface area contributed by atoms with Crippen LogP contribution in [0.25, 0.3) is 11.2 Å². The molecule has 3 rings (SSSR count). The molecule has 3 heterocycles. The Labute approximate surface area is 101 Å². The van der Waals surface area contributed by atoms with Crippen molar-refractivity contribution >= 4 is 17.0 Å². The highest BCUT2D eigenvalue weighted by atomic mass is 16.5. The zero-order valence-corrected chi connectivity index (χ0v) is 9.34. The van der Waals surface area contributed by atoms with Crippen LogP contribution in [-0.2, 0) is 4.74 Å². The molecule has 2 aromatic heterocycles. The quantitative estimate of drug-likeness (QED) is 0.584. The summed E-state index contributed by atoms with van der Waals surface area (Å²) in [4.78, 5) is 9.05. The Hall–Kier alpha value is -1.84. The maximum atomic E-state index is 9.64. The van der Waals surface area contributed by atoms with E-state index in [9.17, 15) is 5.11 Å². The van der Waals surface area contributed by atoms with Crippen molar-refractivity contribution in [2.75, 3.05) is 12.3 Å². The van der Waals surface area contributed by atoms with Crippen molar-refractivity contribution in [1.29, 1.82) is 0 Å². The van der Waals surface area contributed by atoms with Crippen LogP contribution < -0.4 is 5.73 Å². The molecule has 1 saturated heterocycles. The molecule has 0 spiro atoms. The third kappa shape index (κ3) is 1.68. The summed E-state index contributed by atoms with van der Waals surface area (Å²) < 4.78 is 5.43. The number of fused-ring (bicyclic) bond motifs is 1. The van der Waals surface area contributed by atoms with Gasteiger partial charge in [-0.1, -0.05) is 0 Å². The Morgan fingerprint density at radius 3 is 2.94 bits per heavy atom. The standard InChI is InChI=1S/C9H12N6O3/c10-8-7-9(12-3-11-8)14-15(13-7)6-1-4(17)5(2-16)18-6/h3-6,16-17H,1-2H2,(H2,10,11,12,14)/t4-,5+,6-/m0/s1. The predicted molar refractivity (Wildman–Crippen MR) is 59.2 cm³/mol. The number of aliphatic hydroxyl groups excluding tert-OH is 2. The van der Waals surface area contributed by atoms with Crippen LogP contribution in [0.2, 0.25) is 0 Å². The highest BCUT2D eigenvalue weighted by Crippen LogP contribution is 2.28. The zero-order valence-electron chi connectivity index (χ0n) is 9.34. The summed E-state index contributed by atoms with van der Waals surface area (Å²) >= 11 is 0. The van der Waals surface area contributed by atoms with Gasteiger partial charge in [0.25, 0.3) is 0 Å². The number of hydrogen-bond acceptors (Lipinski definition) is 8. The molecule has 0 aromatic carbocycles. The molecule has 1 fully saturated rings. The van der Waals surface area contributed by atoms with Crippen LogP contribution in [-0.4, -0.2) is 54.0 Å². The van der Waals surface area contributed by atoms with Gasteiger partial charge >= 0.3 is 0 Å². The number of ether oxygens (including phenoxy) is 1. The van der Waals surface area contributed by atoms with Crippen LogP contribution in [0.15, 0.2) is 6.33 Å². The third-order valence-electron chi connectivity index (χ3n) is 2.87. The summed E-state index contributed by atoms with van der Waals surface area (Å²) in [7, 11) is 0. The number of nitrogen functional groups attached to an aromatic ring is 1. The maximum Gasteiger partial charge on any atom is 0.207 e. The van der Waals surface area contributed by atoms with Crippen molar-refractivity contribution in [2.45, 2.75) is 24.9 Å². The lowest BCUT2D eigenvalue weighted by molar-refractivity contribution is -0.0529. The van der Waals surface area contributed by atoms with Gasteiger partial charge in [-0.15, -0.1) is 10.2 Å².